The molecule has 0 aliphatic rings. The van der Waals surface area contributed by atoms with Crippen LogP contribution in [0.2, 0.25) is 10.0 Å². The van der Waals surface area contributed by atoms with Gasteiger partial charge in [-0.3, -0.25) is 9.10 Å². The van der Waals surface area contributed by atoms with E-state index in [1.54, 1.807) is 12.1 Å². The highest BCUT2D eigenvalue weighted by Gasteiger charge is 2.28. The smallest absolute Gasteiger partial charge is 0.264 e. The zero-order valence-corrected chi connectivity index (χ0v) is 22.8. The molecule has 3 aromatic carbocycles. The van der Waals surface area contributed by atoms with E-state index in [4.69, 9.17) is 23.2 Å². The average molecular weight is 534 g/mol. The molecule has 5 nitrogen and oxygen atoms in total. The highest BCUT2D eigenvalue weighted by Crippen LogP contribution is 2.30. The van der Waals surface area contributed by atoms with Crippen molar-refractivity contribution in [1.29, 1.82) is 0 Å². The Morgan fingerprint density at radius 1 is 0.943 bits per heavy atom. The minimum Gasteiger partial charge on any atom is -0.348 e. The van der Waals surface area contributed by atoms with Crippen molar-refractivity contribution in [3.8, 4) is 0 Å². The molecule has 0 aromatic heterocycles. The molecule has 1 amide bonds. The average Bonchev–Trinajstić information content (AvgIpc) is 2.76. The fourth-order valence-corrected chi connectivity index (χ4v) is 5.53. The van der Waals surface area contributed by atoms with Crippen molar-refractivity contribution in [3.63, 3.8) is 0 Å². The zero-order chi connectivity index (χ0) is 26.0. The van der Waals surface area contributed by atoms with Gasteiger partial charge in [-0.1, -0.05) is 85.9 Å². The van der Waals surface area contributed by atoms with E-state index >= 15 is 0 Å². The fourth-order valence-electron chi connectivity index (χ4n) is 3.61. The van der Waals surface area contributed by atoms with Crippen LogP contribution in [0.15, 0.2) is 71.6 Å². The molecule has 0 fully saturated rings. The van der Waals surface area contributed by atoms with Gasteiger partial charge in [-0.25, -0.2) is 8.42 Å². The highest BCUT2D eigenvalue weighted by atomic mass is 35.5. The van der Waals surface area contributed by atoms with Crippen LogP contribution in [0.4, 0.5) is 5.69 Å². The molecule has 0 bridgehead atoms. The molecule has 1 atom stereocenters. The van der Waals surface area contributed by atoms with Crippen molar-refractivity contribution in [2.75, 3.05) is 10.8 Å². The molecule has 0 heterocycles. The first-order valence-electron chi connectivity index (χ1n) is 11.2. The molecule has 0 spiro atoms. The monoisotopic (exact) mass is 532 g/mol. The van der Waals surface area contributed by atoms with Crippen LogP contribution in [0.1, 0.15) is 50.4 Å². The Morgan fingerprint density at radius 2 is 1.49 bits per heavy atom. The Bertz CT molecular complexity index is 1280. The topological polar surface area (TPSA) is 66.5 Å². The van der Waals surface area contributed by atoms with Gasteiger partial charge < -0.3 is 5.32 Å². The van der Waals surface area contributed by atoms with Crippen LogP contribution >= 0.6 is 23.2 Å². The second-order valence-electron chi connectivity index (χ2n) is 9.61. The maximum Gasteiger partial charge on any atom is 0.264 e. The minimum absolute atomic E-state index is 0.0219. The summed E-state index contributed by atoms with van der Waals surface area (Å²) in [5.41, 5.74) is 3.26. The van der Waals surface area contributed by atoms with Crippen molar-refractivity contribution < 1.29 is 13.2 Å². The highest BCUT2D eigenvalue weighted by molar-refractivity contribution is 7.92. The Labute approximate surface area is 218 Å². The van der Waals surface area contributed by atoms with Crippen molar-refractivity contribution >= 4 is 44.8 Å². The second kappa shape index (κ2) is 10.6. The van der Waals surface area contributed by atoms with Gasteiger partial charge in [0, 0.05) is 10.0 Å². The normalized spacial score (nSPS) is 12.8. The maximum atomic E-state index is 13.5. The van der Waals surface area contributed by atoms with E-state index in [0.717, 1.165) is 15.4 Å². The molecular weight excluding hydrogens is 503 g/mol. The molecule has 3 aromatic rings. The number of hydrogen-bond acceptors (Lipinski definition) is 3. The molecule has 0 saturated heterocycles. The van der Waals surface area contributed by atoms with Gasteiger partial charge in [0.1, 0.15) is 6.54 Å². The van der Waals surface area contributed by atoms with Crippen molar-refractivity contribution in [1.82, 2.24) is 5.32 Å². The van der Waals surface area contributed by atoms with E-state index in [0.29, 0.717) is 0 Å². The Morgan fingerprint density at radius 3 is 2.00 bits per heavy atom. The largest absolute Gasteiger partial charge is 0.348 e. The van der Waals surface area contributed by atoms with Gasteiger partial charge in [0.15, 0.2) is 0 Å². The molecule has 0 radical (unpaired) electrons. The molecule has 8 heteroatoms. The standard InChI is InChI=1S/C27H30Cl2N2O3S/c1-18-6-12-25(13-7-18)35(33,34)31(24-15-22(28)14-23(29)16-24)17-26(32)30-19(2)20-8-10-21(11-9-20)27(3,4)5/h6-16,19H,17H2,1-5H3,(H,30,32)/t19-/m1/s1. The number of nitrogens with zero attached hydrogens (tertiary/aromatic N) is 1. The van der Waals surface area contributed by atoms with Crippen LogP contribution in [-0.4, -0.2) is 20.9 Å². The summed E-state index contributed by atoms with van der Waals surface area (Å²) in [6.07, 6.45) is 0. The van der Waals surface area contributed by atoms with Gasteiger partial charge >= 0.3 is 0 Å². The first kappa shape index (κ1) is 27.1. The lowest BCUT2D eigenvalue weighted by Crippen LogP contribution is -2.41. The Hall–Kier alpha value is -2.54. The number of amides is 1. The first-order chi connectivity index (χ1) is 16.3. The molecule has 35 heavy (non-hydrogen) atoms. The summed E-state index contributed by atoms with van der Waals surface area (Å²) in [5, 5.41) is 3.44. The summed E-state index contributed by atoms with van der Waals surface area (Å²) < 4.78 is 28.1. The molecule has 186 valence electrons. The van der Waals surface area contributed by atoms with E-state index in [1.165, 1.54) is 35.9 Å². The summed E-state index contributed by atoms with van der Waals surface area (Å²) in [4.78, 5) is 13.1. The van der Waals surface area contributed by atoms with Crippen molar-refractivity contribution in [2.24, 2.45) is 0 Å². The molecule has 1 N–H and O–H groups in total. The van der Waals surface area contributed by atoms with Crippen LogP contribution in [0.5, 0.6) is 0 Å². The number of sulfonamides is 1. The summed E-state index contributed by atoms with van der Waals surface area (Å²) in [6, 6.07) is 18.6. The molecule has 0 unspecified atom stereocenters. The number of nitrogens with one attached hydrogen (secondary N) is 1. The third-order valence-electron chi connectivity index (χ3n) is 5.69. The number of aryl methyl sites for hydroxylation is 1. The first-order valence-corrected chi connectivity index (χ1v) is 13.4. The summed E-state index contributed by atoms with van der Waals surface area (Å²) in [7, 11) is -4.07. The SMILES string of the molecule is Cc1ccc(S(=O)(=O)N(CC(=O)N[C@H](C)c2ccc(C(C)(C)C)cc2)c2cc(Cl)cc(Cl)c2)cc1. The second-order valence-corrected chi connectivity index (χ2v) is 12.3. The van der Waals surface area contributed by atoms with Crippen molar-refractivity contribution in [2.45, 2.75) is 51.0 Å². The van der Waals surface area contributed by atoms with E-state index in [9.17, 15) is 13.2 Å². The van der Waals surface area contributed by atoms with E-state index in [1.807, 2.05) is 38.1 Å². The van der Waals surface area contributed by atoms with Gasteiger partial charge in [0.25, 0.3) is 10.0 Å². The summed E-state index contributed by atoms with van der Waals surface area (Å²) in [5.74, 6) is -0.454. The van der Waals surface area contributed by atoms with E-state index in [-0.39, 0.29) is 32.1 Å². The Kier molecular flexibility index (Phi) is 8.20. The lowest BCUT2D eigenvalue weighted by molar-refractivity contribution is -0.120. The number of benzene rings is 3. The molecular formula is C27H30Cl2N2O3S. The number of rotatable bonds is 7. The summed E-state index contributed by atoms with van der Waals surface area (Å²) in [6.45, 7) is 9.71. The van der Waals surface area contributed by atoms with Crippen LogP contribution in [0, 0.1) is 6.92 Å². The van der Waals surface area contributed by atoms with Gasteiger partial charge in [-0.05, 0) is 60.7 Å². The van der Waals surface area contributed by atoms with Gasteiger partial charge in [0.2, 0.25) is 5.91 Å². The van der Waals surface area contributed by atoms with Crippen LogP contribution < -0.4 is 9.62 Å². The summed E-state index contributed by atoms with van der Waals surface area (Å²) >= 11 is 12.3. The quantitative estimate of drug-likeness (QED) is 0.369. The van der Waals surface area contributed by atoms with Gasteiger partial charge in [-0.15, -0.1) is 0 Å². The number of hydrogen-bond donors (Lipinski definition) is 1. The van der Waals surface area contributed by atoms with Crippen molar-refractivity contribution in [3.05, 3.63) is 93.5 Å². The van der Waals surface area contributed by atoms with Crippen LogP contribution in [0.25, 0.3) is 0 Å². The minimum atomic E-state index is -4.07. The third kappa shape index (κ3) is 6.78. The number of carbonyl (C=O) groups is 1. The number of anilines is 1. The predicted octanol–water partition coefficient (Wildman–Crippen LogP) is 6.67. The van der Waals surface area contributed by atoms with Gasteiger partial charge in [-0.2, -0.15) is 0 Å². The number of carbonyl (C=O) groups excluding carboxylic acids is 1. The lowest BCUT2D eigenvalue weighted by atomic mass is 9.86. The van der Waals surface area contributed by atoms with Gasteiger partial charge in [0.05, 0.1) is 16.6 Å². The van der Waals surface area contributed by atoms with E-state index < -0.39 is 22.5 Å². The number of halogens is 2. The Balaban J connectivity index is 1.88. The molecule has 0 aliphatic heterocycles. The maximum absolute atomic E-state index is 13.5. The van der Waals surface area contributed by atoms with Crippen LogP contribution in [-0.2, 0) is 20.2 Å². The zero-order valence-electron chi connectivity index (χ0n) is 20.5. The molecule has 0 aliphatic carbocycles. The van der Waals surface area contributed by atoms with Crippen LogP contribution in [0.3, 0.4) is 0 Å². The van der Waals surface area contributed by atoms with E-state index in [2.05, 4.69) is 26.1 Å². The predicted molar refractivity (Wildman–Crippen MR) is 144 cm³/mol. The molecule has 0 saturated carbocycles. The fraction of sp³-hybridized carbons (Fsp3) is 0.296. The lowest BCUT2D eigenvalue weighted by Gasteiger charge is -2.26. The molecule has 3 rings (SSSR count). The third-order valence-corrected chi connectivity index (χ3v) is 7.91.